The zero-order valence-electron chi connectivity index (χ0n) is 45.1. The lowest BCUT2D eigenvalue weighted by Gasteiger charge is -2.26. The molecule has 0 fully saturated rings. The van der Waals surface area contributed by atoms with Crippen molar-refractivity contribution in [2.75, 3.05) is 4.90 Å². The first-order valence-corrected chi connectivity index (χ1v) is 17.1. The number of fused-ring (bicyclic) bond motifs is 9. The second-order valence-corrected chi connectivity index (χ2v) is 12.8. The Balaban J connectivity index is 1.13. The highest BCUT2D eigenvalue weighted by Crippen LogP contribution is 2.42. The van der Waals surface area contributed by atoms with Crippen molar-refractivity contribution in [2.24, 2.45) is 0 Å². The third-order valence-electron chi connectivity index (χ3n) is 9.81. The van der Waals surface area contributed by atoms with Gasteiger partial charge >= 0.3 is 0 Å². The summed E-state index contributed by atoms with van der Waals surface area (Å²) in [4.78, 5) is 1.93. The van der Waals surface area contributed by atoms with Crippen molar-refractivity contribution in [3.63, 3.8) is 0 Å². The Bertz CT molecular complexity index is 4190. The zero-order valence-corrected chi connectivity index (χ0v) is 28.1. The quantitative estimate of drug-likeness (QED) is 0.166. The molecule has 0 N–H and O–H groups in total. The first-order chi connectivity index (χ1) is 33.8. The average Bonchev–Trinajstić information content (AvgIpc) is 3.75. The molecule has 2 nitrogen and oxygen atoms in total. The largest absolute Gasteiger partial charge is 0.456 e. The zero-order chi connectivity index (χ0) is 50.4. The molecule has 0 saturated carbocycles. The summed E-state index contributed by atoms with van der Waals surface area (Å²) in [6, 6.07) is 20.4. The molecule has 252 valence electrons. The SMILES string of the molecule is [2H]c1c([2H])c([2H])c2c(cc(-c3ccc(N(c4ccc(-c5c([2H])c6c([2H])c([2H])c([2H])c([2H])c6c6c([2H])c([2H])c([2H])c([2H])c56)cc4)c4ccc5oc6ccccc6c5c4)cc3)c3c([2H])c([2H])c([2H])c([2H])c32)c1[2H]. The molecule has 11 aromatic rings. The molecule has 0 aliphatic rings. The van der Waals surface area contributed by atoms with Gasteiger partial charge in [0.1, 0.15) is 11.2 Å². The first-order valence-electron chi connectivity index (χ1n) is 25.6. The van der Waals surface area contributed by atoms with E-state index in [0.29, 0.717) is 44.9 Å². The van der Waals surface area contributed by atoms with E-state index in [0.717, 1.165) is 10.8 Å². The molecule has 11 rings (SSSR count). The van der Waals surface area contributed by atoms with Gasteiger partial charge in [-0.15, -0.1) is 0 Å². The predicted octanol–water partition coefficient (Wildman–Crippen LogP) is 15.0. The Hall–Kier alpha value is -7.16. The molecule has 0 amide bonds. The minimum absolute atomic E-state index is 0.0193. The van der Waals surface area contributed by atoms with Crippen LogP contribution in [0.25, 0.3) is 87.3 Å². The summed E-state index contributed by atoms with van der Waals surface area (Å²) >= 11 is 0. The van der Waals surface area contributed by atoms with Crippen molar-refractivity contribution in [1.82, 2.24) is 0 Å². The van der Waals surface area contributed by atoms with E-state index in [-0.39, 0.29) is 66.8 Å². The normalized spacial score (nSPS) is 16.1. The summed E-state index contributed by atoms with van der Waals surface area (Å²) in [5, 5.41) is 1.23. The predicted molar refractivity (Wildman–Crippen MR) is 229 cm³/mol. The van der Waals surface area contributed by atoms with Crippen LogP contribution in [0.15, 0.2) is 204 Å². The number of furan rings is 1. The molecule has 0 radical (unpaired) electrons. The number of hydrogen-bond donors (Lipinski definition) is 0. The van der Waals surface area contributed by atoms with E-state index in [1.807, 2.05) is 47.4 Å². The summed E-state index contributed by atoms with van der Waals surface area (Å²) in [5.41, 5.74) is 4.35. The molecule has 0 bridgehead atoms. The summed E-state index contributed by atoms with van der Waals surface area (Å²) in [6.07, 6.45) is 0. The van der Waals surface area contributed by atoms with E-state index in [1.165, 1.54) is 6.07 Å². The summed E-state index contributed by atoms with van der Waals surface area (Å²) < 4.78 is 155. The Kier molecular flexibility index (Phi) is 4.09. The molecular weight excluding hydrogens is 655 g/mol. The van der Waals surface area contributed by atoms with Crippen LogP contribution in [-0.4, -0.2) is 0 Å². The molecule has 1 heterocycles. The molecule has 0 saturated heterocycles. The topological polar surface area (TPSA) is 16.4 Å². The number of rotatable bonds is 5. The van der Waals surface area contributed by atoms with E-state index >= 15 is 0 Å². The van der Waals surface area contributed by atoms with Gasteiger partial charge in [-0.3, -0.25) is 0 Å². The van der Waals surface area contributed by atoms with Crippen LogP contribution >= 0.6 is 0 Å². The summed E-state index contributed by atoms with van der Waals surface area (Å²) in [5.74, 6) is 0. The van der Waals surface area contributed by atoms with Crippen molar-refractivity contribution < 1.29 is 27.7 Å². The fraction of sp³-hybridized carbons (Fsp3) is 0. The van der Waals surface area contributed by atoms with E-state index < -0.39 is 84.6 Å². The standard InChI is InChI=1S/C52H33NO/c1-3-13-41-36(11-1)31-48(45-17-7-5-15-43(41)45)34-21-25-38(26-22-34)53(40-29-30-52-50(33-40)47-19-9-10-20-51(47)54-52)39-27-23-35(24-28-39)49-32-37-12-2-4-14-42(37)44-16-6-8-18-46(44)49/h1-33H/i1D,2D,3D,4D,5D,6D,7D,8D,11D,12D,13D,14D,15D,16D,17D,18D,31D. The maximum absolute atomic E-state index is 9.47. The van der Waals surface area contributed by atoms with Gasteiger partial charge < -0.3 is 9.32 Å². The van der Waals surface area contributed by atoms with Gasteiger partial charge in [-0.05, 0) is 126 Å². The number of anilines is 3. The van der Waals surface area contributed by atoms with E-state index in [4.69, 9.17) is 26.3 Å². The van der Waals surface area contributed by atoms with Crippen LogP contribution < -0.4 is 4.90 Å². The molecule has 0 spiro atoms. The van der Waals surface area contributed by atoms with Crippen molar-refractivity contribution in [1.29, 1.82) is 0 Å². The van der Waals surface area contributed by atoms with Crippen LogP contribution in [0.2, 0.25) is 0 Å². The number of hydrogen-bond acceptors (Lipinski definition) is 2. The van der Waals surface area contributed by atoms with Crippen molar-refractivity contribution in [3.8, 4) is 22.3 Å². The van der Waals surface area contributed by atoms with E-state index in [9.17, 15) is 1.37 Å². The number of benzene rings is 10. The van der Waals surface area contributed by atoms with Gasteiger partial charge in [-0.1, -0.05) is 139 Å². The lowest BCUT2D eigenvalue weighted by atomic mass is 9.93. The Morgan fingerprint density at radius 2 is 0.870 bits per heavy atom. The lowest BCUT2D eigenvalue weighted by Crippen LogP contribution is -2.09. The molecular formula is C52H33NO. The van der Waals surface area contributed by atoms with Crippen LogP contribution in [0.5, 0.6) is 0 Å². The van der Waals surface area contributed by atoms with Crippen LogP contribution in [0.3, 0.4) is 0 Å². The average molecular weight is 705 g/mol. The van der Waals surface area contributed by atoms with E-state index in [1.54, 1.807) is 48.5 Å². The van der Waals surface area contributed by atoms with Crippen molar-refractivity contribution in [2.45, 2.75) is 0 Å². The minimum Gasteiger partial charge on any atom is -0.456 e. The highest BCUT2D eigenvalue weighted by molar-refractivity contribution is 6.15. The molecule has 2 heteroatoms. The van der Waals surface area contributed by atoms with Crippen LogP contribution in [0.4, 0.5) is 17.1 Å². The van der Waals surface area contributed by atoms with Crippen LogP contribution in [-0.2, 0) is 0 Å². The number of nitrogens with zero attached hydrogens (tertiary/aromatic N) is 1. The Labute approximate surface area is 336 Å². The second kappa shape index (κ2) is 12.2. The Morgan fingerprint density at radius 1 is 0.370 bits per heavy atom. The number of para-hydroxylation sites is 1. The van der Waals surface area contributed by atoms with Gasteiger partial charge in [0, 0.05) is 27.8 Å². The Morgan fingerprint density at radius 3 is 1.56 bits per heavy atom. The van der Waals surface area contributed by atoms with Crippen molar-refractivity contribution in [3.05, 3.63) is 200 Å². The third-order valence-corrected chi connectivity index (χ3v) is 9.81. The van der Waals surface area contributed by atoms with Gasteiger partial charge in [0.25, 0.3) is 0 Å². The van der Waals surface area contributed by atoms with Gasteiger partial charge in [0.15, 0.2) is 0 Å². The molecule has 1 aromatic heterocycles. The van der Waals surface area contributed by atoms with Gasteiger partial charge in [0.05, 0.1) is 23.3 Å². The maximum atomic E-state index is 9.47. The smallest absolute Gasteiger partial charge is 0.135 e. The fourth-order valence-corrected chi connectivity index (χ4v) is 7.33. The molecule has 0 unspecified atom stereocenters. The molecule has 0 aliphatic heterocycles. The summed E-state index contributed by atoms with van der Waals surface area (Å²) in [7, 11) is 0. The molecule has 0 aliphatic carbocycles. The third kappa shape index (κ3) is 4.88. The lowest BCUT2D eigenvalue weighted by molar-refractivity contribution is 0.669. The fourth-order valence-electron chi connectivity index (χ4n) is 7.33. The summed E-state index contributed by atoms with van der Waals surface area (Å²) in [6.45, 7) is 0. The first kappa shape index (κ1) is 18.1. The van der Waals surface area contributed by atoms with Gasteiger partial charge in [-0.2, -0.15) is 0 Å². The maximum Gasteiger partial charge on any atom is 0.135 e. The molecule has 54 heavy (non-hydrogen) atoms. The molecule has 0 atom stereocenters. The van der Waals surface area contributed by atoms with Crippen LogP contribution in [0, 0.1) is 0 Å². The molecule has 10 aromatic carbocycles. The monoisotopic (exact) mass is 704 g/mol. The van der Waals surface area contributed by atoms with Gasteiger partial charge in [-0.25, -0.2) is 0 Å². The van der Waals surface area contributed by atoms with Crippen molar-refractivity contribution >= 4 is 82.1 Å². The second-order valence-electron chi connectivity index (χ2n) is 12.8. The van der Waals surface area contributed by atoms with Crippen LogP contribution in [0.1, 0.15) is 23.3 Å². The minimum atomic E-state index is -0.600. The highest BCUT2D eigenvalue weighted by Gasteiger charge is 2.17. The highest BCUT2D eigenvalue weighted by atomic mass is 16.3. The van der Waals surface area contributed by atoms with E-state index in [2.05, 4.69) is 0 Å². The van der Waals surface area contributed by atoms with Gasteiger partial charge in [0.2, 0.25) is 0 Å².